The minimum absolute atomic E-state index is 0.0202. The van der Waals surface area contributed by atoms with Gasteiger partial charge in [0.15, 0.2) is 11.5 Å². The summed E-state index contributed by atoms with van der Waals surface area (Å²) in [6.45, 7) is 1.26. The lowest BCUT2D eigenvalue weighted by atomic mass is 10.1. The van der Waals surface area contributed by atoms with Crippen molar-refractivity contribution >= 4 is 29.0 Å². The van der Waals surface area contributed by atoms with Crippen LogP contribution < -0.4 is 15.8 Å². The van der Waals surface area contributed by atoms with Crippen molar-refractivity contribution in [2.75, 3.05) is 38.0 Å². The molecule has 2 aromatic carbocycles. The number of carbonyl (C=O) groups is 2. The number of anilines is 2. The third kappa shape index (κ3) is 5.71. The maximum absolute atomic E-state index is 13.2. The van der Waals surface area contributed by atoms with Crippen LogP contribution in [0, 0.1) is 6.92 Å². The first-order valence-electron chi connectivity index (χ1n) is 12.9. The molecule has 0 radical (unpaired) electrons. The zero-order chi connectivity index (χ0) is 28.2. The Balaban J connectivity index is 1.29. The number of alkyl halides is 2. The van der Waals surface area contributed by atoms with E-state index in [0.717, 1.165) is 22.5 Å². The highest BCUT2D eigenvalue weighted by atomic mass is 19.3. The number of amides is 2. The number of ether oxygens (including phenoxy) is 1. The van der Waals surface area contributed by atoms with Crippen molar-refractivity contribution in [3.8, 4) is 17.0 Å². The maximum atomic E-state index is 13.2. The summed E-state index contributed by atoms with van der Waals surface area (Å²) in [5.74, 6) is 0.543. The van der Waals surface area contributed by atoms with E-state index in [-0.39, 0.29) is 17.6 Å². The van der Waals surface area contributed by atoms with E-state index >= 15 is 0 Å². The Bertz CT molecular complexity index is 1520. The predicted molar refractivity (Wildman–Crippen MR) is 146 cm³/mol. The molecule has 1 aliphatic heterocycles. The maximum Gasteiger partial charge on any atom is 0.387 e. The summed E-state index contributed by atoms with van der Waals surface area (Å²) in [4.78, 5) is 37.7. The van der Waals surface area contributed by atoms with Gasteiger partial charge in [-0.1, -0.05) is 0 Å². The molecule has 40 heavy (non-hydrogen) atoms. The molecule has 4 aromatic rings. The number of aryl methyl sites for hydroxylation is 1. The SMILES string of the molecule is Cc1cc(Nc2nccn3c(-c4ccc(OC(F)F)cc4)cnc23)ccc1C(=O)N1CCN(C(=O)CCN)CC1. The van der Waals surface area contributed by atoms with Crippen LogP contribution in [0.1, 0.15) is 22.3 Å². The molecule has 0 saturated carbocycles. The number of fused-ring (bicyclic) bond motifs is 1. The van der Waals surface area contributed by atoms with Gasteiger partial charge in [-0.3, -0.25) is 14.0 Å². The second-order valence-corrected chi connectivity index (χ2v) is 9.38. The molecule has 2 aromatic heterocycles. The molecule has 12 heteroatoms. The summed E-state index contributed by atoms with van der Waals surface area (Å²) in [5.41, 5.74) is 9.73. The molecule has 3 N–H and O–H groups in total. The second kappa shape index (κ2) is 11.7. The molecule has 0 bridgehead atoms. The lowest BCUT2D eigenvalue weighted by Crippen LogP contribution is -2.51. The summed E-state index contributed by atoms with van der Waals surface area (Å²) < 4.78 is 31.2. The van der Waals surface area contributed by atoms with Gasteiger partial charge in [0.1, 0.15) is 5.75 Å². The Morgan fingerprint density at radius 2 is 1.77 bits per heavy atom. The number of nitrogens with two attached hydrogens (primary N) is 1. The average molecular weight is 550 g/mol. The van der Waals surface area contributed by atoms with E-state index in [1.165, 1.54) is 12.1 Å². The van der Waals surface area contributed by atoms with Gasteiger partial charge in [-0.2, -0.15) is 8.78 Å². The van der Waals surface area contributed by atoms with Crippen molar-refractivity contribution in [1.29, 1.82) is 0 Å². The Hall–Kier alpha value is -4.58. The number of nitrogens with zero attached hydrogens (tertiary/aromatic N) is 5. The lowest BCUT2D eigenvalue weighted by Gasteiger charge is -2.35. The molecule has 0 aliphatic carbocycles. The summed E-state index contributed by atoms with van der Waals surface area (Å²) in [6, 6.07) is 11.8. The molecule has 0 atom stereocenters. The third-order valence-electron chi connectivity index (χ3n) is 6.80. The van der Waals surface area contributed by atoms with Gasteiger partial charge in [-0.05, 0) is 55.0 Å². The zero-order valence-corrected chi connectivity index (χ0v) is 21.9. The van der Waals surface area contributed by atoms with Gasteiger partial charge in [-0.25, -0.2) is 9.97 Å². The lowest BCUT2D eigenvalue weighted by molar-refractivity contribution is -0.132. The van der Waals surface area contributed by atoms with E-state index in [2.05, 4.69) is 20.0 Å². The van der Waals surface area contributed by atoms with Crippen molar-refractivity contribution < 1.29 is 23.1 Å². The van der Waals surface area contributed by atoms with Crippen LogP contribution in [0.15, 0.2) is 61.1 Å². The zero-order valence-electron chi connectivity index (χ0n) is 21.9. The molecule has 1 saturated heterocycles. The molecular weight excluding hydrogens is 520 g/mol. The van der Waals surface area contributed by atoms with Crippen LogP contribution >= 0.6 is 0 Å². The molecule has 0 unspecified atom stereocenters. The van der Waals surface area contributed by atoms with Gasteiger partial charge in [-0.15, -0.1) is 0 Å². The van der Waals surface area contributed by atoms with Crippen molar-refractivity contribution in [1.82, 2.24) is 24.2 Å². The van der Waals surface area contributed by atoms with E-state index < -0.39 is 6.61 Å². The number of hydrogen-bond acceptors (Lipinski definition) is 7. The Kier molecular flexibility index (Phi) is 7.87. The fourth-order valence-corrected chi connectivity index (χ4v) is 4.76. The normalized spacial score (nSPS) is 13.6. The van der Waals surface area contributed by atoms with Gasteiger partial charge >= 0.3 is 6.61 Å². The highest BCUT2D eigenvalue weighted by Crippen LogP contribution is 2.28. The number of imidazole rings is 1. The molecule has 208 valence electrons. The monoisotopic (exact) mass is 549 g/mol. The number of aromatic nitrogens is 3. The fourth-order valence-electron chi connectivity index (χ4n) is 4.76. The highest BCUT2D eigenvalue weighted by molar-refractivity contribution is 5.96. The summed E-state index contributed by atoms with van der Waals surface area (Å²) in [5, 5.41) is 3.28. The smallest absolute Gasteiger partial charge is 0.387 e. The van der Waals surface area contributed by atoms with Gasteiger partial charge in [0.2, 0.25) is 5.91 Å². The van der Waals surface area contributed by atoms with Crippen LogP contribution in [0.2, 0.25) is 0 Å². The summed E-state index contributed by atoms with van der Waals surface area (Å²) in [7, 11) is 0. The van der Waals surface area contributed by atoms with Gasteiger partial charge in [0.25, 0.3) is 5.91 Å². The van der Waals surface area contributed by atoms with Crippen LogP contribution in [-0.4, -0.2) is 75.3 Å². The molecule has 5 rings (SSSR count). The number of nitrogens with one attached hydrogen (secondary N) is 1. The number of rotatable bonds is 8. The standard InChI is InChI=1S/C28H29F2N7O3/c1-18-16-20(4-7-22(18)27(39)36-14-12-35(13-15-36)24(38)8-9-31)34-25-26-33-17-23(37(26)11-10-32-25)19-2-5-21(6-3-19)40-28(29)30/h2-7,10-11,16-17,28H,8-9,12-15,31H2,1H3,(H,32,34). The number of halogens is 2. The largest absolute Gasteiger partial charge is 0.435 e. The second-order valence-electron chi connectivity index (χ2n) is 9.38. The minimum Gasteiger partial charge on any atom is -0.435 e. The molecular formula is C28H29F2N7O3. The van der Waals surface area contributed by atoms with Gasteiger partial charge < -0.3 is 25.6 Å². The van der Waals surface area contributed by atoms with E-state index in [1.807, 2.05) is 23.5 Å². The van der Waals surface area contributed by atoms with Crippen LogP contribution in [0.4, 0.5) is 20.3 Å². The number of hydrogen-bond donors (Lipinski definition) is 2. The van der Waals surface area contributed by atoms with Crippen molar-refractivity contribution in [3.63, 3.8) is 0 Å². The Morgan fingerprint density at radius 3 is 2.45 bits per heavy atom. The molecule has 2 amide bonds. The van der Waals surface area contributed by atoms with E-state index in [9.17, 15) is 18.4 Å². The number of carbonyl (C=O) groups excluding carboxylic acids is 2. The Labute approximate surface area is 229 Å². The van der Waals surface area contributed by atoms with Crippen molar-refractivity contribution in [2.24, 2.45) is 5.73 Å². The van der Waals surface area contributed by atoms with Crippen molar-refractivity contribution in [3.05, 3.63) is 72.2 Å². The van der Waals surface area contributed by atoms with Crippen molar-refractivity contribution in [2.45, 2.75) is 20.0 Å². The summed E-state index contributed by atoms with van der Waals surface area (Å²) in [6.07, 6.45) is 5.40. The minimum atomic E-state index is -2.88. The Morgan fingerprint density at radius 1 is 1.05 bits per heavy atom. The van der Waals surface area contributed by atoms with Crippen LogP contribution in [0.25, 0.3) is 16.9 Å². The average Bonchev–Trinajstić information content (AvgIpc) is 3.38. The number of benzene rings is 2. The predicted octanol–water partition coefficient (Wildman–Crippen LogP) is 3.68. The van der Waals surface area contributed by atoms with Gasteiger partial charge in [0, 0.05) is 68.4 Å². The highest BCUT2D eigenvalue weighted by Gasteiger charge is 2.25. The number of piperazine rings is 1. The van der Waals surface area contributed by atoms with Crippen LogP contribution in [0.5, 0.6) is 5.75 Å². The van der Waals surface area contributed by atoms with E-state index in [0.29, 0.717) is 56.2 Å². The first-order valence-corrected chi connectivity index (χ1v) is 12.9. The van der Waals surface area contributed by atoms with Crippen LogP contribution in [0.3, 0.4) is 0 Å². The first-order chi connectivity index (χ1) is 19.3. The van der Waals surface area contributed by atoms with Gasteiger partial charge in [0.05, 0.1) is 11.9 Å². The third-order valence-corrected chi connectivity index (χ3v) is 6.80. The van der Waals surface area contributed by atoms with E-state index in [1.54, 1.807) is 46.6 Å². The molecule has 1 aliphatic rings. The topological polar surface area (TPSA) is 118 Å². The molecule has 1 fully saturated rings. The molecule has 3 heterocycles. The van der Waals surface area contributed by atoms with Crippen LogP contribution in [-0.2, 0) is 4.79 Å². The summed E-state index contributed by atoms with van der Waals surface area (Å²) >= 11 is 0. The quantitative estimate of drug-likeness (QED) is 0.344. The molecule has 10 nitrogen and oxygen atoms in total. The molecule has 0 spiro atoms. The fraction of sp³-hybridized carbons (Fsp3) is 0.286. The first kappa shape index (κ1) is 27.0. The van der Waals surface area contributed by atoms with E-state index in [4.69, 9.17) is 5.73 Å².